The Kier molecular flexibility index (Phi) is 6.14. The number of pyridine rings is 1. The monoisotopic (exact) mass is 321 g/mol. The molecular formula is C14H15N3O6. The summed E-state index contributed by atoms with van der Waals surface area (Å²) in [5.74, 6) is -1.97. The summed E-state index contributed by atoms with van der Waals surface area (Å²) < 4.78 is 9.79. The van der Waals surface area contributed by atoms with Crippen molar-refractivity contribution >= 4 is 17.6 Å². The summed E-state index contributed by atoms with van der Waals surface area (Å²) >= 11 is 0. The standard InChI is InChI=1S/C14H15N3O6/c1-3-22-12(18)14(7-8-15,13(19)23-4-2)11-6-5-10(9-16-11)17(20)21/h5-6,9H,3-4,7H2,1-2H3. The fourth-order valence-electron chi connectivity index (χ4n) is 1.90. The van der Waals surface area contributed by atoms with Gasteiger partial charge in [-0.15, -0.1) is 0 Å². The molecule has 0 radical (unpaired) electrons. The van der Waals surface area contributed by atoms with Crippen molar-refractivity contribution in [2.24, 2.45) is 0 Å². The lowest BCUT2D eigenvalue weighted by atomic mass is 9.81. The predicted octanol–water partition coefficient (Wildman–Crippen LogP) is 1.27. The van der Waals surface area contributed by atoms with E-state index in [0.29, 0.717) is 0 Å². The van der Waals surface area contributed by atoms with Gasteiger partial charge in [-0.3, -0.25) is 24.7 Å². The first kappa shape index (κ1) is 18.0. The smallest absolute Gasteiger partial charge is 0.330 e. The van der Waals surface area contributed by atoms with Crippen LogP contribution in [-0.4, -0.2) is 35.1 Å². The molecule has 0 amide bonds. The third-order valence-electron chi connectivity index (χ3n) is 2.99. The molecule has 0 atom stereocenters. The highest BCUT2D eigenvalue weighted by molar-refractivity contribution is 6.06. The third kappa shape index (κ3) is 3.60. The minimum Gasteiger partial charge on any atom is -0.465 e. The van der Waals surface area contributed by atoms with Crippen molar-refractivity contribution in [3.05, 3.63) is 34.1 Å². The second-order valence-corrected chi connectivity index (χ2v) is 4.34. The van der Waals surface area contributed by atoms with Gasteiger partial charge in [-0.25, -0.2) is 0 Å². The SMILES string of the molecule is CCOC(=O)C(CC#N)(C(=O)OCC)c1ccc([N+](=O)[O-])cn1. The maximum atomic E-state index is 12.3. The number of carbonyl (C=O) groups is 2. The molecule has 0 bridgehead atoms. The van der Waals surface area contributed by atoms with Gasteiger partial charge in [-0.2, -0.15) is 5.26 Å². The van der Waals surface area contributed by atoms with E-state index >= 15 is 0 Å². The summed E-state index contributed by atoms with van der Waals surface area (Å²) in [6, 6.07) is 3.98. The second kappa shape index (κ2) is 7.84. The Morgan fingerprint density at radius 2 is 1.87 bits per heavy atom. The van der Waals surface area contributed by atoms with Crippen molar-refractivity contribution in [2.75, 3.05) is 13.2 Å². The Morgan fingerprint density at radius 3 is 2.22 bits per heavy atom. The van der Waals surface area contributed by atoms with Gasteiger partial charge in [0.1, 0.15) is 6.20 Å². The van der Waals surface area contributed by atoms with Crippen molar-refractivity contribution in [2.45, 2.75) is 25.7 Å². The molecule has 0 fully saturated rings. The lowest BCUT2D eigenvalue weighted by molar-refractivity contribution is -0.385. The van der Waals surface area contributed by atoms with E-state index in [2.05, 4.69) is 4.98 Å². The number of carbonyl (C=O) groups excluding carboxylic acids is 2. The van der Waals surface area contributed by atoms with Crippen molar-refractivity contribution in [1.29, 1.82) is 5.26 Å². The minimum atomic E-state index is -2.07. The summed E-state index contributed by atoms with van der Waals surface area (Å²) in [5, 5.41) is 19.7. The maximum Gasteiger partial charge on any atom is 0.330 e. The number of nitro groups is 1. The van der Waals surface area contributed by atoms with Gasteiger partial charge in [0.05, 0.1) is 36.3 Å². The number of aromatic nitrogens is 1. The van der Waals surface area contributed by atoms with E-state index in [1.807, 2.05) is 0 Å². The predicted molar refractivity (Wildman–Crippen MR) is 76.1 cm³/mol. The Hall–Kier alpha value is -3.02. The summed E-state index contributed by atoms with van der Waals surface area (Å²) in [6.45, 7) is 3.06. The van der Waals surface area contributed by atoms with Crippen LogP contribution in [0.15, 0.2) is 18.3 Å². The first-order valence-electron chi connectivity index (χ1n) is 6.76. The zero-order valence-electron chi connectivity index (χ0n) is 12.6. The number of hydrogen-bond donors (Lipinski definition) is 0. The van der Waals surface area contributed by atoms with Crippen molar-refractivity contribution < 1.29 is 24.0 Å². The fourth-order valence-corrected chi connectivity index (χ4v) is 1.90. The zero-order chi connectivity index (χ0) is 17.5. The molecule has 0 aliphatic heterocycles. The number of rotatable bonds is 7. The van der Waals surface area contributed by atoms with Crippen LogP contribution in [0.5, 0.6) is 0 Å². The third-order valence-corrected chi connectivity index (χ3v) is 2.99. The van der Waals surface area contributed by atoms with Gasteiger partial charge in [0.25, 0.3) is 5.69 Å². The van der Waals surface area contributed by atoms with Gasteiger partial charge in [-0.1, -0.05) is 0 Å². The normalized spacial score (nSPS) is 10.5. The van der Waals surface area contributed by atoms with Crippen LogP contribution in [0.3, 0.4) is 0 Å². The largest absolute Gasteiger partial charge is 0.465 e. The molecular weight excluding hydrogens is 306 g/mol. The Labute approximate surface area is 132 Å². The summed E-state index contributed by atoms with van der Waals surface area (Å²) in [4.78, 5) is 38.5. The number of esters is 2. The van der Waals surface area contributed by atoms with E-state index in [0.717, 1.165) is 18.3 Å². The molecule has 122 valence electrons. The van der Waals surface area contributed by atoms with Crippen LogP contribution in [0.25, 0.3) is 0 Å². The molecule has 0 aliphatic carbocycles. The quantitative estimate of drug-likeness (QED) is 0.317. The molecule has 0 aromatic carbocycles. The molecule has 1 heterocycles. The van der Waals surface area contributed by atoms with Gasteiger partial charge in [-0.05, 0) is 19.9 Å². The van der Waals surface area contributed by atoms with Crippen molar-refractivity contribution in [3.8, 4) is 6.07 Å². The van der Waals surface area contributed by atoms with Crippen LogP contribution in [0.1, 0.15) is 26.0 Å². The minimum absolute atomic E-state index is 0.0155. The van der Waals surface area contributed by atoms with E-state index < -0.39 is 28.7 Å². The molecule has 0 aliphatic rings. The molecule has 1 rings (SSSR count). The van der Waals surface area contributed by atoms with Crippen LogP contribution in [-0.2, 0) is 24.5 Å². The molecule has 0 N–H and O–H groups in total. The van der Waals surface area contributed by atoms with E-state index in [9.17, 15) is 19.7 Å². The highest BCUT2D eigenvalue weighted by Gasteiger charge is 2.52. The molecule has 9 nitrogen and oxygen atoms in total. The van der Waals surface area contributed by atoms with Gasteiger partial charge < -0.3 is 9.47 Å². The molecule has 0 saturated carbocycles. The van der Waals surface area contributed by atoms with E-state index in [1.54, 1.807) is 19.9 Å². The maximum absolute atomic E-state index is 12.3. The molecule has 23 heavy (non-hydrogen) atoms. The topological polar surface area (TPSA) is 132 Å². The highest BCUT2D eigenvalue weighted by atomic mass is 16.6. The highest BCUT2D eigenvalue weighted by Crippen LogP contribution is 2.31. The first-order chi connectivity index (χ1) is 10.9. The Morgan fingerprint density at radius 1 is 1.30 bits per heavy atom. The summed E-state index contributed by atoms with van der Waals surface area (Å²) in [6.07, 6.45) is 0.343. The molecule has 0 spiro atoms. The lowest BCUT2D eigenvalue weighted by Gasteiger charge is -2.26. The van der Waals surface area contributed by atoms with E-state index in [1.165, 1.54) is 0 Å². The van der Waals surface area contributed by atoms with Gasteiger partial charge >= 0.3 is 11.9 Å². The summed E-state index contributed by atoms with van der Waals surface area (Å²) in [7, 11) is 0. The van der Waals surface area contributed by atoms with Gasteiger partial charge in [0, 0.05) is 6.07 Å². The van der Waals surface area contributed by atoms with Crippen LogP contribution in [0.2, 0.25) is 0 Å². The van der Waals surface area contributed by atoms with Crippen LogP contribution in [0.4, 0.5) is 5.69 Å². The van der Waals surface area contributed by atoms with Crippen molar-refractivity contribution in [3.63, 3.8) is 0 Å². The Balaban J connectivity index is 3.46. The van der Waals surface area contributed by atoms with Crippen LogP contribution in [0, 0.1) is 21.4 Å². The summed E-state index contributed by atoms with van der Waals surface area (Å²) in [5.41, 5.74) is -2.52. The van der Waals surface area contributed by atoms with E-state index in [-0.39, 0.29) is 24.6 Å². The second-order valence-electron chi connectivity index (χ2n) is 4.34. The average Bonchev–Trinajstić information content (AvgIpc) is 2.53. The Bertz CT molecular complexity index is 617. The average molecular weight is 321 g/mol. The van der Waals surface area contributed by atoms with Crippen molar-refractivity contribution in [1.82, 2.24) is 4.98 Å². The molecule has 0 unspecified atom stereocenters. The molecule has 0 saturated heterocycles. The fraction of sp³-hybridized carbons (Fsp3) is 0.429. The molecule has 9 heteroatoms. The number of ether oxygens (including phenoxy) is 2. The number of hydrogen-bond acceptors (Lipinski definition) is 8. The zero-order valence-corrected chi connectivity index (χ0v) is 12.6. The molecule has 1 aromatic rings. The molecule has 1 aromatic heterocycles. The van der Waals surface area contributed by atoms with Crippen LogP contribution >= 0.6 is 0 Å². The number of nitriles is 1. The van der Waals surface area contributed by atoms with E-state index in [4.69, 9.17) is 14.7 Å². The van der Waals surface area contributed by atoms with Crippen LogP contribution < -0.4 is 0 Å². The number of nitrogens with zero attached hydrogens (tertiary/aromatic N) is 3. The van der Waals surface area contributed by atoms with Gasteiger partial charge in [0.15, 0.2) is 0 Å². The van der Waals surface area contributed by atoms with Gasteiger partial charge in [0.2, 0.25) is 5.41 Å². The lowest BCUT2D eigenvalue weighted by Crippen LogP contribution is -2.46. The first-order valence-corrected chi connectivity index (χ1v) is 6.76.